The molecule has 0 saturated carbocycles. The van der Waals surface area contributed by atoms with Crippen LogP contribution in [0.15, 0.2) is 47.9 Å². The Morgan fingerprint density at radius 3 is 2.86 bits per heavy atom. The monoisotopic (exact) mass is 315 g/mol. The molecular weight excluding hydrogens is 298 g/mol. The Hall–Kier alpha value is -2.08. The molecule has 1 amide bonds. The zero-order valence-electron chi connectivity index (χ0n) is 12.2. The average Bonchev–Trinajstić information content (AvgIpc) is 2.86. The van der Waals surface area contributed by atoms with Crippen LogP contribution >= 0.6 is 11.8 Å². The number of fused-ring (bicyclic) bond motifs is 1. The number of nitrogens with one attached hydrogen (secondary N) is 1. The van der Waals surface area contributed by atoms with Crippen LogP contribution in [0, 0.1) is 0 Å². The minimum atomic E-state index is -0.375. The van der Waals surface area contributed by atoms with Gasteiger partial charge in [-0.05, 0) is 30.5 Å². The topological polar surface area (TPSA) is 64.1 Å². The van der Waals surface area contributed by atoms with Crippen molar-refractivity contribution >= 4 is 17.9 Å². The summed E-state index contributed by atoms with van der Waals surface area (Å²) in [6, 6.07) is 10.0. The normalized spacial score (nSPS) is 19.5. The first kappa shape index (κ1) is 14.8. The van der Waals surface area contributed by atoms with E-state index in [2.05, 4.69) is 27.4 Å². The molecule has 0 radical (unpaired) electrons. The van der Waals surface area contributed by atoms with E-state index in [0.29, 0.717) is 11.8 Å². The molecule has 6 heteroatoms. The summed E-state index contributed by atoms with van der Waals surface area (Å²) in [7, 11) is 0. The highest BCUT2D eigenvalue weighted by molar-refractivity contribution is 7.99. The number of aromatic nitrogens is 2. The standard InChI is InChI=1S/C16H17N3O2S/c1-2-21-16(20)19-13-10-11-6-3-4-7-12(11)14(13)22-15-17-8-5-9-18-15/h3-9,13-14H,2,10H2,1H3,(H,19,20)/t13-,14+/m0/s1. The van der Waals surface area contributed by atoms with Crippen LogP contribution in [0.1, 0.15) is 23.3 Å². The Morgan fingerprint density at radius 1 is 1.32 bits per heavy atom. The molecule has 1 aromatic carbocycles. The quantitative estimate of drug-likeness (QED) is 0.879. The smallest absolute Gasteiger partial charge is 0.407 e. The lowest BCUT2D eigenvalue weighted by molar-refractivity contribution is 0.148. The number of alkyl carbamates (subject to hydrolysis) is 1. The van der Waals surface area contributed by atoms with Crippen molar-refractivity contribution in [3.63, 3.8) is 0 Å². The van der Waals surface area contributed by atoms with Crippen LogP contribution < -0.4 is 5.32 Å². The summed E-state index contributed by atoms with van der Waals surface area (Å²) in [4.78, 5) is 20.3. The molecule has 0 fully saturated rings. The highest BCUT2D eigenvalue weighted by Crippen LogP contribution is 2.43. The van der Waals surface area contributed by atoms with Crippen LogP contribution in [0.3, 0.4) is 0 Å². The van der Waals surface area contributed by atoms with Crippen LogP contribution in [0.4, 0.5) is 4.79 Å². The van der Waals surface area contributed by atoms with Gasteiger partial charge in [0.1, 0.15) is 0 Å². The van der Waals surface area contributed by atoms with E-state index in [4.69, 9.17) is 4.74 Å². The zero-order valence-corrected chi connectivity index (χ0v) is 13.0. The first-order valence-corrected chi connectivity index (χ1v) is 8.10. The van der Waals surface area contributed by atoms with E-state index < -0.39 is 0 Å². The number of amides is 1. The van der Waals surface area contributed by atoms with Gasteiger partial charge >= 0.3 is 6.09 Å². The van der Waals surface area contributed by atoms with Gasteiger partial charge in [-0.2, -0.15) is 0 Å². The zero-order chi connectivity index (χ0) is 15.4. The maximum absolute atomic E-state index is 11.8. The lowest BCUT2D eigenvalue weighted by Crippen LogP contribution is -2.37. The van der Waals surface area contributed by atoms with Gasteiger partial charge in [0.05, 0.1) is 17.9 Å². The molecule has 0 bridgehead atoms. The largest absolute Gasteiger partial charge is 0.450 e. The molecule has 22 heavy (non-hydrogen) atoms. The Balaban J connectivity index is 1.82. The maximum atomic E-state index is 11.8. The number of carbonyl (C=O) groups excluding carboxylic acids is 1. The minimum absolute atomic E-state index is 0.0229. The van der Waals surface area contributed by atoms with Crippen molar-refractivity contribution in [3.05, 3.63) is 53.9 Å². The summed E-state index contributed by atoms with van der Waals surface area (Å²) < 4.78 is 5.01. The molecule has 2 aromatic rings. The molecule has 114 valence electrons. The van der Waals surface area contributed by atoms with Gasteiger partial charge in [-0.3, -0.25) is 0 Å². The molecule has 0 spiro atoms. The fourth-order valence-electron chi connectivity index (χ4n) is 2.61. The number of thioether (sulfide) groups is 1. The summed E-state index contributed by atoms with van der Waals surface area (Å²) in [5.41, 5.74) is 2.47. The first-order valence-electron chi connectivity index (χ1n) is 7.22. The first-order chi connectivity index (χ1) is 10.8. The molecule has 1 aromatic heterocycles. The van der Waals surface area contributed by atoms with Crippen molar-refractivity contribution in [1.82, 2.24) is 15.3 Å². The van der Waals surface area contributed by atoms with Crippen LogP contribution in [0.2, 0.25) is 0 Å². The molecule has 0 aliphatic heterocycles. The highest BCUT2D eigenvalue weighted by atomic mass is 32.2. The third-order valence-corrected chi connectivity index (χ3v) is 4.78. The lowest BCUT2D eigenvalue weighted by Gasteiger charge is -2.20. The maximum Gasteiger partial charge on any atom is 0.407 e. The molecule has 5 nitrogen and oxygen atoms in total. The number of hydrogen-bond donors (Lipinski definition) is 1. The number of rotatable bonds is 4. The van der Waals surface area contributed by atoms with Gasteiger partial charge in [0, 0.05) is 12.4 Å². The second kappa shape index (κ2) is 6.79. The van der Waals surface area contributed by atoms with Crippen LogP contribution in [0.5, 0.6) is 0 Å². The fraction of sp³-hybridized carbons (Fsp3) is 0.312. The van der Waals surface area contributed by atoms with E-state index in [-0.39, 0.29) is 17.4 Å². The number of benzene rings is 1. The molecule has 2 atom stereocenters. The van der Waals surface area contributed by atoms with E-state index in [1.165, 1.54) is 11.1 Å². The van der Waals surface area contributed by atoms with Crippen molar-refractivity contribution in [2.45, 2.75) is 29.8 Å². The van der Waals surface area contributed by atoms with Gasteiger partial charge < -0.3 is 10.1 Å². The van der Waals surface area contributed by atoms with Gasteiger partial charge in [0.2, 0.25) is 0 Å². The Bertz CT molecular complexity index is 651. The third-order valence-electron chi connectivity index (χ3n) is 3.52. The summed E-state index contributed by atoms with van der Waals surface area (Å²) >= 11 is 1.57. The summed E-state index contributed by atoms with van der Waals surface area (Å²) in [6.07, 6.45) is 3.87. The molecule has 1 aliphatic rings. The van der Waals surface area contributed by atoms with Crippen molar-refractivity contribution in [2.75, 3.05) is 6.61 Å². The SMILES string of the molecule is CCOC(=O)N[C@H]1Cc2ccccc2[C@H]1Sc1ncccn1. The molecule has 1 heterocycles. The van der Waals surface area contributed by atoms with Crippen LogP contribution in [0.25, 0.3) is 0 Å². The highest BCUT2D eigenvalue weighted by Gasteiger charge is 2.35. The summed E-state index contributed by atoms with van der Waals surface area (Å²) in [5.74, 6) is 0. The number of nitrogens with zero attached hydrogens (tertiary/aromatic N) is 2. The van der Waals surface area contributed by atoms with Crippen LogP contribution in [-0.4, -0.2) is 28.7 Å². The van der Waals surface area contributed by atoms with Crippen molar-refractivity contribution in [1.29, 1.82) is 0 Å². The molecule has 0 saturated heterocycles. The average molecular weight is 315 g/mol. The molecular formula is C16H17N3O2S. The number of carbonyl (C=O) groups is 1. The molecule has 0 unspecified atom stereocenters. The minimum Gasteiger partial charge on any atom is -0.450 e. The second-order valence-corrected chi connectivity index (χ2v) is 6.05. The van der Waals surface area contributed by atoms with E-state index >= 15 is 0 Å². The second-order valence-electron chi connectivity index (χ2n) is 4.94. The van der Waals surface area contributed by atoms with Gasteiger partial charge in [0.25, 0.3) is 0 Å². The van der Waals surface area contributed by atoms with Crippen molar-refractivity contribution < 1.29 is 9.53 Å². The van der Waals surface area contributed by atoms with Crippen LogP contribution in [-0.2, 0) is 11.2 Å². The van der Waals surface area contributed by atoms with Gasteiger partial charge in [-0.25, -0.2) is 14.8 Å². The fourth-order valence-corrected chi connectivity index (χ4v) is 3.77. The Kier molecular flexibility index (Phi) is 4.58. The van der Waals surface area contributed by atoms with Crippen molar-refractivity contribution in [2.24, 2.45) is 0 Å². The third kappa shape index (κ3) is 3.22. The van der Waals surface area contributed by atoms with E-state index in [1.807, 2.05) is 12.1 Å². The van der Waals surface area contributed by atoms with E-state index in [1.54, 1.807) is 37.1 Å². The predicted octanol–water partition coefficient (Wildman–Crippen LogP) is 2.98. The van der Waals surface area contributed by atoms with E-state index in [0.717, 1.165) is 6.42 Å². The molecule has 1 aliphatic carbocycles. The number of hydrogen-bond acceptors (Lipinski definition) is 5. The van der Waals surface area contributed by atoms with Gasteiger partial charge in [-0.1, -0.05) is 36.0 Å². The molecule has 1 N–H and O–H groups in total. The lowest BCUT2D eigenvalue weighted by atomic mass is 10.1. The Labute approximate surface area is 133 Å². The van der Waals surface area contributed by atoms with E-state index in [9.17, 15) is 4.79 Å². The van der Waals surface area contributed by atoms with Crippen molar-refractivity contribution in [3.8, 4) is 0 Å². The predicted molar refractivity (Wildman–Crippen MR) is 84.7 cm³/mol. The van der Waals surface area contributed by atoms with Gasteiger partial charge in [-0.15, -0.1) is 0 Å². The number of ether oxygens (including phenoxy) is 1. The molecule has 3 rings (SSSR count). The van der Waals surface area contributed by atoms with Gasteiger partial charge in [0.15, 0.2) is 5.16 Å². The summed E-state index contributed by atoms with van der Waals surface area (Å²) in [6.45, 7) is 2.16. The summed E-state index contributed by atoms with van der Waals surface area (Å²) in [5, 5.41) is 3.75. The Morgan fingerprint density at radius 2 is 2.09 bits per heavy atom.